The van der Waals surface area contributed by atoms with Crippen LogP contribution in [0.5, 0.6) is 5.75 Å². The van der Waals surface area contributed by atoms with Crippen molar-refractivity contribution in [3.8, 4) is 16.2 Å². The van der Waals surface area contributed by atoms with Crippen LogP contribution in [0.25, 0.3) is 10.4 Å². The molecule has 3 N–H and O–H groups in total. The number of hydrogen-bond acceptors (Lipinski definition) is 7. The minimum atomic E-state index is -4.51. The fraction of sp³-hybridized carbons (Fsp3) is 0.0526. The number of anilines is 1. The number of hydrazone groups is 1. The number of hydrogen-bond donors (Lipinski definition) is 3. The Bertz CT molecular complexity index is 1280. The second-order valence-electron chi connectivity index (χ2n) is 6.20. The average molecular weight is 555 g/mol. The van der Waals surface area contributed by atoms with Gasteiger partial charge in [0.1, 0.15) is 15.9 Å². The zero-order chi connectivity index (χ0) is 22.8. The second kappa shape index (κ2) is 11.7. The van der Waals surface area contributed by atoms with Crippen molar-refractivity contribution in [2.45, 2.75) is 11.8 Å². The van der Waals surface area contributed by atoms with Crippen LogP contribution >= 0.6 is 46.8 Å². The van der Waals surface area contributed by atoms with Gasteiger partial charge in [-0.25, -0.2) is 8.42 Å². The van der Waals surface area contributed by atoms with Crippen LogP contribution in [0.4, 0.5) is 5.69 Å². The molecule has 0 aliphatic carbocycles. The fourth-order valence-corrected chi connectivity index (χ4v) is 4.44. The van der Waals surface area contributed by atoms with Gasteiger partial charge in [0, 0.05) is 11.1 Å². The Balaban J connectivity index is 0.00000363. The van der Waals surface area contributed by atoms with Gasteiger partial charge in [0.2, 0.25) is 0 Å². The maximum atomic E-state index is 11.0. The molecule has 0 radical (unpaired) electrons. The summed E-state index contributed by atoms with van der Waals surface area (Å²) < 4.78 is 32.9. The Labute approximate surface area is 247 Å². The molecule has 32 heavy (non-hydrogen) atoms. The van der Waals surface area contributed by atoms with E-state index in [0.29, 0.717) is 31.9 Å². The first-order chi connectivity index (χ1) is 14.6. The van der Waals surface area contributed by atoms with Gasteiger partial charge in [0.25, 0.3) is 0 Å². The van der Waals surface area contributed by atoms with Crippen molar-refractivity contribution in [2.24, 2.45) is 5.10 Å². The molecule has 3 aromatic rings. The van der Waals surface area contributed by atoms with Gasteiger partial charge in [-0.3, -0.25) is 5.43 Å². The van der Waals surface area contributed by atoms with Crippen molar-refractivity contribution in [1.82, 2.24) is 5.43 Å². The summed E-state index contributed by atoms with van der Waals surface area (Å²) in [7, 11) is -4.51. The number of aromatic hydroxyl groups is 1. The van der Waals surface area contributed by atoms with Gasteiger partial charge in [-0.05, 0) is 61.1 Å². The number of nitrogens with one attached hydrogen (secondary N) is 2. The predicted octanol–water partition coefficient (Wildman–Crippen LogP) is 2.05. The first kappa shape index (κ1) is 27.7. The first-order valence-corrected chi connectivity index (χ1v) is 11.9. The third kappa shape index (κ3) is 6.97. The number of thiophene rings is 1. The number of benzene rings is 2. The quantitative estimate of drug-likeness (QED) is 0.146. The number of thiocarbonyl (C=S) groups is 1. The van der Waals surface area contributed by atoms with Gasteiger partial charge < -0.3 is 15.0 Å². The fourth-order valence-electron chi connectivity index (χ4n) is 2.51. The Morgan fingerprint density at radius 2 is 1.81 bits per heavy atom. The molecule has 0 bridgehead atoms. The van der Waals surface area contributed by atoms with Crippen molar-refractivity contribution in [3.63, 3.8) is 0 Å². The Morgan fingerprint density at radius 1 is 1.16 bits per heavy atom. The van der Waals surface area contributed by atoms with Gasteiger partial charge in [0.15, 0.2) is 5.11 Å². The average Bonchev–Trinajstić information content (AvgIpc) is 3.09. The number of rotatable bonds is 5. The Hall–Kier alpha value is -0.574. The van der Waals surface area contributed by atoms with E-state index in [9.17, 15) is 18.1 Å². The van der Waals surface area contributed by atoms with Gasteiger partial charge in [-0.2, -0.15) is 5.10 Å². The maximum absolute atomic E-state index is 11.0. The third-order valence-corrected chi connectivity index (χ3v) is 6.86. The van der Waals surface area contributed by atoms with Crippen LogP contribution in [0.15, 0.2) is 57.8 Å². The molecule has 0 aliphatic rings. The molecular formula is C19H14Cl2KN3O4S3. The summed E-state index contributed by atoms with van der Waals surface area (Å²) in [6.07, 6.45) is 0. The molecule has 3 rings (SSSR count). The van der Waals surface area contributed by atoms with Crippen molar-refractivity contribution >= 4 is 73.4 Å². The van der Waals surface area contributed by atoms with E-state index in [0.717, 1.165) is 5.56 Å². The van der Waals surface area contributed by atoms with Crippen LogP contribution in [0.3, 0.4) is 0 Å². The van der Waals surface area contributed by atoms with Crippen LogP contribution in [0.2, 0.25) is 10.0 Å². The van der Waals surface area contributed by atoms with Gasteiger partial charge in [0.05, 0.1) is 31.1 Å². The molecule has 0 fully saturated rings. The van der Waals surface area contributed by atoms with Crippen LogP contribution in [-0.4, -0.2) is 28.9 Å². The van der Waals surface area contributed by atoms with Crippen molar-refractivity contribution in [2.75, 3.05) is 5.32 Å². The summed E-state index contributed by atoms with van der Waals surface area (Å²) in [5.41, 5.74) is 4.85. The SMILES string of the molecule is CC(=NNC(=S)Nc1ccc(S(=O)(=O)[O-])cc1)c1csc(-c2ccc(Cl)c(Cl)c2)c1O.[K+]. The van der Waals surface area contributed by atoms with Crippen molar-refractivity contribution < 1.29 is 69.5 Å². The Morgan fingerprint density at radius 3 is 2.41 bits per heavy atom. The van der Waals surface area contributed by atoms with Crippen LogP contribution in [0.1, 0.15) is 12.5 Å². The summed E-state index contributed by atoms with van der Waals surface area (Å²) in [4.78, 5) is 0.286. The van der Waals surface area contributed by atoms with E-state index < -0.39 is 10.1 Å². The zero-order valence-electron chi connectivity index (χ0n) is 16.7. The largest absolute Gasteiger partial charge is 1.00 e. The minimum Gasteiger partial charge on any atom is -0.744 e. The summed E-state index contributed by atoms with van der Waals surface area (Å²) >= 11 is 18.5. The summed E-state index contributed by atoms with van der Waals surface area (Å²) in [6.45, 7) is 1.70. The molecule has 0 saturated carbocycles. The number of nitrogens with zero attached hydrogens (tertiary/aromatic N) is 1. The molecule has 0 saturated heterocycles. The number of halogens is 2. The van der Waals surface area contributed by atoms with E-state index in [1.165, 1.54) is 35.6 Å². The van der Waals surface area contributed by atoms with Gasteiger partial charge in [-0.1, -0.05) is 29.3 Å². The van der Waals surface area contributed by atoms with E-state index in [2.05, 4.69) is 15.8 Å². The topological polar surface area (TPSA) is 114 Å². The molecule has 0 amide bonds. The van der Waals surface area contributed by atoms with E-state index in [4.69, 9.17) is 35.4 Å². The van der Waals surface area contributed by atoms with E-state index in [1.807, 2.05) is 0 Å². The van der Waals surface area contributed by atoms with Crippen molar-refractivity contribution in [3.05, 3.63) is 63.5 Å². The molecule has 1 aromatic heterocycles. The molecule has 2 aromatic carbocycles. The minimum absolute atomic E-state index is 0. The molecule has 7 nitrogen and oxygen atoms in total. The van der Waals surface area contributed by atoms with Gasteiger partial charge in [-0.15, -0.1) is 11.3 Å². The molecule has 1 heterocycles. The second-order valence-corrected chi connectivity index (χ2v) is 9.68. The van der Waals surface area contributed by atoms with Crippen LogP contribution < -0.4 is 62.1 Å². The third-order valence-electron chi connectivity index (χ3n) is 4.06. The zero-order valence-corrected chi connectivity index (χ0v) is 23.8. The van der Waals surface area contributed by atoms with E-state index >= 15 is 0 Å². The molecule has 162 valence electrons. The molecule has 0 atom stereocenters. The standard InChI is InChI=1S/C19H15Cl2N3O4S3.K/c1-10(14-9-30-18(17(14)25)11-2-7-15(20)16(21)8-11)23-24-19(29)22-12-3-5-13(6-4-12)31(26,27)28;/h2-9,25H,1H3,(H2,22,24,29)(H,26,27,28);/q;+1/p-1. The van der Waals surface area contributed by atoms with Crippen LogP contribution in [-0.2, 0) is 10.1 Å². The normalized spacial score (nSPS) is 11.6. The first-order valence-electron chi connectivity index (χ1n) is 8.49. The predicted molar refractivity (Wildman–Crippen MR) is 127 cm³/mol. The summed E-state index contributed by atoms with van der Waals surface area (Å²) in [6, 6.07) is 10.3. The summed E-state index contributed by atoms with van der Waals surface area (Å²) in [5, 5.41) is 20.3. The van der Waals surface area contributed by atoms with E-state index in [-0.39, 0.29) is 67.1 Å². The maximum Gasteiger partial charge on any atom is 1.00 e. The van der Waals surface area contributed by atoms with Crippen LogP contribution in [0, 0.1) is 0 Å². The molecule has 0 aliphatic heterocycles. The molecule has 0 unspecified atom stereocenters. The smallest absolute Gasteiger partial charge is 0.744 e. The van der Waals surface area contributed by atoms with Gasteiger partial charge >= 0.3 is 51.4 Å². The Kier molecular flexibility index (Phi) is 10.1. The molecule has 0 spiro atoms. The molecular weight excluding hydrogens is 540 g/mol. The summed E-state index contributed by atoms with van der Waals surface area (Å²) in [5.74, 6) is 0.0553. The molecule has 13 heteroatoms. The van der Waals surface area contributed by atoms with E-state index in [1.54, 1.807) is 30.5 Å². The monoisotopic (exact) mass is 553 g/mol. The van der Waals surface area contributed by atoms with Crippen molar-refractivity contribution in [1.29, 1.82) is 0 Å².